The quantitative estimate of drug-likeness (QED) is 0.922. The number of rotatable bonds is 3. The lowest BCUT2D eigenvalue weighted by Gasteiger charge is -2.36. The zero-order valence-corrected chi connectivity index (χ0v) is 11.3. The summed E-state index contributed by atoms with van der Waals surface area (Å²) in [6.07, 6.45) is 1.10. The summed E-state index contributed by atoms with van der Waals surface area (Å²) in [6, 6.07) is 6.64. The van der Waals surface area contributed by atoms with Crippen molar-refractivity contribution in [2.24, 2.45) is 0 Å². The number of nitrogens with zero attached hydrogens (tertiary/aromatic N) is 1. The maximum absolute atomic E-state index is 5.78. The zero-order valence-electron chi connectivity index (χ0n) is 9.66. The summed E-state index contributed by atoms with van der Waals surface area (Å²) in [7, 11) is 4.12. The molecule has 0 amide bonds. The molecule has 0 saturated heterocycles. The molecule has 0 bridgehead atoms. The molecule has 1 aromatic rings. The molecular formula is C12H17BrN2O. The van der Waals surface area contributed by atoms with Gasteiger partial charge in [0.05, 0.1) is 11.7 Å². The van der Waals surface area contributed by atoms with Gasteiger partial charge in [-0.2, -0.15) is 0 Å². The molecule has 0 radical (unpaired) electrons. The first kappa shape index (κ1) is 11.7. The van der Waals surface area contributed by atoms with Gasteiger partial charge in [0.1, 0.15) is 12.4 Å². The molecule has 0 aliphatic carbocycles. The molecule has 4 heteroatoms. The van der Waals surface area contributed by atoms with E-state index in [1.165, 1.54) is 5.69 Å². The number of hydrogen-bond acceptors (Lipinski definition) is 3. The minimum absolute atomic E-state index is 0.459. The smallest absolute Gasteiger partial charge is 0.143 e. The van der Waals surface area contributed by atoms with Gasteiger partial charge in [-0.15, -0.1) is 0 Å². The van der Waals surface area contributed by atoms with Crippen LogP contribution in [0, 0.1) is 0 Å². The molecule has 0 aromatic heterocycles. The van der Waals surface area contributed by atoms with Crippen molar-refractivity contribution in [1.29, 1.82) is 0 Å². The van der Waals surface area contributed by atoms with E-state index >= 15 is 0 Å². The van der Waals surface area contributed by atoms with Crippen molar-refractivity contribution in [3.05, 3.63) is 22.7 Å². The highest BCUT2D eigenvalue weighted by Crippen LogP contribution is 2.35. The Morgan fingerprint density at radius 2 is 2.38 bits per heavy atom. The Bertz CT molecular complexity index is 370. The lowest BCUT2D eigenvalue weighted by atomic mass is 10.1. The van der Waals surface area contributed by atoms with Gasteiger partial charge in [0.25, 0.3) is 0 Å². The number of nitrogens with one attached hydrogen (secondary N) is 1. The van der Waals surface area contributed by atoms with Crippen molar-refractivity contribution in [3.8, 4) is 5.75 Å². The predicted octanol–water partition coefficient (Wildman–Crippen LogP) is 2.26. The molecule has 1 heterocycles. The average molecular weight is 285 g/mol. The van der Waals surface area contributed by atoms with E-state index in [1.807, 2.05) is 13.1 Å². The number of benzene rings is 1. The van der Waals surface area contributed by atoms with E-state index in [4.69, 9.17) is 4.74 Å². The Morgan fingerprint density at radius 1 is 1.56 bits per heavy atom. The maximum atomic E-state index is 5.78. The SMILES string of the molecule is CNCCC1COc2cc(Br)ccc2N1C. The van der Waals surface area contributed by atoms with Gasteiger partial charge in [0, 0.05) is 11.5 Å². The standard InChI is InChI=1S/C12H17BrN2O/c1-14-6-5-10-8-16-12-7-9(13)3-4-11(12)15(10)2/h3-4,7,10,14H,5-6,8H2,1-2H3. The van der Waals surface area contributed by atoms with Crippen LogP contribution in [0.1, 0.15) is 6.42 Å². The van der Waals surface area contributed by atoms with Crippen LogP contribution in [0.2, 0.25) is 0 Å². The molecule has 1 atom stereocenters. The van der Waals surface area contributed by atoms with Gasteiger partial charge < -0.3 is 15.0 Å². The number of likely N-dealkylation sites (N-methyl/N-ethyl adjacent to an activating group) is 1. The number of fused-ring (bicyclic) bond motifs is 1. The number of halogens is 1. The average Bonchev–Trinajstić information content (AvgIpc) is 2.28. The van der Waals surface area contributed by atoms with Crippen molar-refractivity contribution < 1.29 is 4.74 Å². The van der Waals surface area contributed by atoms with Crippen LogP contribution in [0.25, 0.3) is 0 Å². The lowest BCUT2D eigenvalue weighted by molar-refractivity contribution is 0.259. The molecule has 16 heavy (non-hydrogen) atoms. The van der Waals surface area contributed by atoms with E-state index in [9.17, 15) is 0 Å². The molecular weight excluding hydrogens is 268 g/mol. The van der Waals surface area contributed by atoms with Crippen molar-refractivity contribution in [2.45, 2.75) is 12.5 Å². The number of hydrogen-bond donors (Lipinski definition) is 1. The van der Waals surface area contributed by atoms with Crippen molar-refractivity contribution in [1.82, 2.24) is 5.32 Å². The molecule has 3 nitrogen and oxygen atoms in total. The number of anilines is 1. The normalized spacial score (nSPS) is 19.2. The first-order chi connectivity index (χ1) is 7.72. The Hall–Kier alpha value is -0.740. The van der Waals surface area contributed by atoms with Gasteiger partial charge in [-0.3, -0.25) is 0 Å². The van der Waals surface area contributed by atoms with E-state index in [0.717, 1.165) is 29.8 Å². The minimum Gasteiger partial charge on any atom is -0.489 e. The Kier molecular flexibility index (Phi) is 3.71. The third-order valence-corrected chi connectivity index (χ3v) is 3.50. The molecule has 1 N–H and O–H groups in total. The molecule has 0 saturated carbocycles. The van der Waals surface area contributed by atoms with Gasteiger partial charge in [0.15, 0.2) is 0 Å². The summed E-state index contributed by atoms with van der Waals surface area (Å²) in [6.45, 7) is 1.78. The highest BCUT2D eigenvalue weighted by molar-refractivity contribution is 9.10. The van der Waals surface area contributed by atoms with Gasteiger partial charge in [-0.05, 0) is 38.2 Å². The highest BCUT2D eigenvalue weighted by atomic mass is 79.9. The highest BCUT2D eigenvalue weighted by Gasteiger charge is 2.24. The zero-order chi connectivity index (χ0) is 11.5. The second-order valence-corrected chi connectivity index (χ2v) is 5.00. The Labute approximate surface area is 105 Å². The fourth-order valence-electron chi connectivity index (χ4n) is 1.98. The van der Waals surface area contributed by atoms with Crippen LogP contribution in [0.5, 0.6) is 5.75 Å². The van der Waals surface area contributed by atoms with Gasteiger partial charge in [-0.25, -0.2) is 0 Å². The molecule has 0 fully saturated rings. The van der Waals surface area contributed by atoms with E-state index in [-0.39, 0.29) is 0 Å². The van der Waals surface area contributed by atoms with Crippen molar-refractivity contribution >= 4 is 21.6 Å². The topological polar surface area (TPSA) is 24.5 Å². The molecule has 1 aliphatic rings. The minimum atomic E-state index is 0.459. The lowest BCUT2D eigenvalue weighted by Crippen LogP contribution is -2.41. The van der Waals surface area contributed by atoms with E-state index in [1.54, 1.807) is 0 Å². The summed E-state index contributed by atoms with van der Waals surface area (Å²) >= 11 is 3.46. The van der Waals surface area contributed by atoms with Gasteiger partial charge in [0.2, 0.25) is 0 Å². The van der Waals surface area contributed by atoms with Crippen LogP contribution in [0.15, 0.2) is 22.7 Å². The first-order valence-electron chi connectivity index (χ1n) is 5.52. The van der Waals surface area contributed by atoms with Crippen LogP contribution in [-0.2, 0) is 0 Å². The van der Waals surface area contributed by atoms with Crippen LogP contribution in [0.4, 0.5) is 5.69 Å². The molecule has 2 rings (SSSR count). The second kappa shape index (κ2) is 5.06. The largest absolute Gasteiger partial charge is 0.489 e. The third-order valence-electron chi connectivity index (χ3n) is 3.01. The van der Waals surface area contributed by atoms with Crippen LogP contribution >= 0.6 is 15.9 Å². The summed E-state index contributed by atoms with van der Waals surface area (Å²) in [4.78, 5) is 2.31. The number of ether oxygens (including phenoxy) is 1. The maximum Gasteiger partial charge on any atom is 0.143 e. The molecule has 1 unspecified atom stereocenters. The predicted molar refractivity (Wildman–Crippen MR) is 70.4 cm³/mol. The van der Waals surface area contributed by atoms with Gasteiger partial charge in [-0.1, -0.05) is 15.9 Å². The summed E-state index contributed by atoms with van der Waals surface area (Å²) in [5.41, 5.74) is 1.18. The Balaban J connectivity index is 2.15. The summed E-state index contributed by atoms with van der Waals surface area (Å²) in [5, 5.41) is 3.18. The van der Waals surface area contributed by atoms with Crippen molar-refractivity contribution in [2.75, 3.05) is 32.1 Å². The van der Waals surface area contributed by atoms with Gasteiger partial charge >= 0.3 is 0 Å². The fourth-order valence-corrected chi connectivity index (χ4v) is 2.32. The fraction of sp³-hybridized carbons (Fsp3) is 0.500. The van der Waals surface area contributed by atoms with Crippen LogP contribution < -0.4 is 15.0 Å². The first-order valence-corrected chi connectivity index (χ1v) is 6.31. The molecule has 1 aliphatic heterocycles. The third kappa shape index (κ3) is 2.33. The molecule has 88 valence electrons. The monoisotopic (exact) mass is 284 g/mol. The second-order valence-electron chi connectivity index (χ2n) is 4.08. The van der Waals surface area contributed by atoms with Crippen molar-refractivity contribution in [3.63, 3.8) is 0 Å². The summed E-state index contributed by atoms with van der Waals surface area (Å²) < 4.78 is 6.85. The van der Waals surface area contributed by atoms with E-state index in [2.05, 4.69) is 45.3 Å². The van der Waals surface area contributed by atoms with E-state index < -0.39 is 0 Å². The molecule has 0 spiro atoms. The van der Waals surface area contributed by atoms with Crippen LogP contribution in [-0.4, -0.2) is 33.3 Å². The Morgan fingerprint density at radius 3 is 3.12 bits per heavy atom. The van der Waals surface area contributed by atoms with Crippen LogP contribution in [0.3, 0.4) is 0 Å². The molecule has 1 aromatic carbocycles. The van der Waals surface area contributed by atoms with E-state index in [0.29, 0.717) is 6.04 Å². The summed E-state index contributed by atoms with van der Waals surface area (Å²) in [5.74, 6) is 0.970.